The summed E-state index contributed by atoms with van der Waals surface area (Å²) in [6.07, 6.45) is 9.32. The number of rotatable bonds is 5. The number of aromatic nitrogens is 2. The lowest BCUT2D eigenvalue weighted by atomic mass is 9.84. The Labute approximate surface area is 186 Å². The standard InChI is InChI=1S/C23H29N5O2S/c29-21(25-15-16-3-2-8-24-14-16)18-6-7-19-20(13-18)31-23(26-19)28-11-9-27(10-12-28)22(30)17-4-1-5-17/h2-3,8,14,17-18H,1,4-7,9-13,15H2,(H,25,29)/t18-/m1/s1. The SMILES string of the molecule is O=C(NCc1cccnc1)[C@@H]1CCc2nc(N3CCN(C(=O)C4CCC4)CC3)sc2C1. The molecule has 3 heterocycles. The Morgan fingerprint density at radius 3 is 2.68 bits per heavy atom. The highest BCUT2D eigenvalue weighted by atomic mass is 32.1. The minimum absolute atomic E-state index is 0.00872. The van der Waals surface area contributed by atoms with E-state index in [-0.39, 0.29) is 17.7 Å². The molecule has 1 saturated carbocycles. The van der Waals surface area contributed by atoms with Gasteiger partial charge in [0.1, 0.15) is 0 Å². The Morgan fingerprint density at radius 1 is 1.13 bits per heavy atom. The van der Waals surface area contributed by atoms with Gasteiger partial charge in [-0.25, -0.2) is 4.98 Å². The van der Waals surface area contributed by atoms with Crippen molar-refractivity contribution in [3.05, 3.63) is 40.7 Å². The van der Waals surface area contributed by atoms with Crippen LogP contribution in [0.1, 0.15) is 41.8 Å². The number of carbonyl (C=O) groups excluding carboxylic acids is 2. The molecule has 3 aliphatic rings. The molecule has 1 saturated heterocycles. The van der Waals surface area contributed by atoms with E-state index in [1.54, 1.807) is 23.7 Å². The zero-order valence-electron chi connectivity index (χ0n) is 17.8. The summed E-state index contributed by atoms with van der Waals surface area (Å²) >= 11 is 1.73. The number of anilines is 1. The molecule has 1 atom stereocenters. The lowest BCUT2D eigenvalue weighted by Crippen LogP contribution is -2.51. The van der Waals surface area contributed by atoms with Gasteiger partial charge in [0.2, 0.25) is 11.8 Å². The van der Waals surface area contributed by atoms with Gasteiger partial charge in [-0.3, -0.25) is 14.6 Å². The summed E-state index contributed by atoms with van der Waals surface area (Å²) in [6, 6.07) is 3.86. The molecule has 0 bridgehead atoms. The van der Waals surface area contributed by atoms with Crippen LogP contribution in [0.15, 0.2) is 24.5 Å². The summed E-state index contributed by atoms with van der Waals surface area (Å²) in [5.41, 5.74) is 2.17. The third-order valence-corrected chi connectivity index (χ3v) is 7.99. The summed E-state index contributed by atoms with van der Waals surface area (Å²) in [5, 5.41) is 4.11. The molecule has 0 spiro atoms. The molecule has 2 aromatic rings. The lowest BCUT2D eigenvalue weighted by molar-refractivity contribution is -0.138. The molecule has 2 fully saturated rings. The third-order valence-electron chi connectivity index (χ3n) is 6.80. The molecule has 5 rings (SSSR count). The molecular formula is C23H29N5O2S. The van der Waals surface area contributed by atoms with Crippen LogP contribution in [0.25, 0.3) is 0 Å². The quantitative estimate of drug-likeness (QED) is 0.774. The number of hydrogen-bond donors (Lipinski definition) is 1. The molecule has 2 aromatic heterocycles. The van der Waals surface area contributed by atoms with Crippen molar-refractivity contribution >= 4 is 28.3 Å². The van der Waals surface area contributed by atoms with Gasteiger partial charge in [-0.05, 0) is 43.7 Å². The van der Waals surface area contributed by atoms with Gasteiger partial charge in [-0.2, -0.15) is 0 Å². The van der Waals surface area contributed by atoms with Crippen LogP contribution >= 0.6 is 11.3 Å². The van der Waals surface area contributed by atoms with Crippen LogP contribution in [0.5, 0.6) is 0 Å². The first kappa shape index (κ1) is 20.4. The van der Waals surface area contributed by atoms with Gasteiger partial charge in [0.05, 0.1) is 5.69 Å². The van der Waals surface area contributed by atoms with Gasteiger partial charge >= 0.3 is 0 Å². The second kappa shape index (κ2) is 8.94. The minimum atomic E-state index is 0.00872. The number of nitrogens with zero attached hydrogens (tertiary/aromatic N) is 4. The Balaban J connectivity index is 1.15. The molecule has 0 aromatic carbocycles. The van der Waals surface area contributed by atoms with Crippen molar-refractivity contribution in [2.24, 2.45) is 11.8 Å². The first-order valence-electron chi connectivity index (χ1n) is 11.4. The predicted molar refractivity (Wildman–Crippen MR) is 120 cm³/mol. The predicted octanol–water partition coefficient (Wildman–Crippen LogP) is 2.41. The smallest absolute Gasteiger partial charge is 0.225 e. The number of nitrogens with one attached hydrogen (secondary N) is 1. The number of carbonyl (C=O) groups is 2. The van der Waals surface area contributed by atoms with E-state index in [4.69, 9.17) is 4.98 Å². The molecule has 1 aliphatic heterocycles. The summed E-state index contributed by atoms with van der Waals surface area (Å²) < 4.78 is 0. The van der Waals surface area contributed by atoms with Gasteiger partial charge in [-0.1, -0.05) is 12.5 Å². The highest BCUT2D eigenvalue weighted by Gasteiger charge is 2.33. The average molecular weight is 440 g/mol. The molecule has 2 amide bonds. The second-order valence-corrected chi connectivity index (χ2v) is 9.89. The zero-order valence-corrected chi connectivity index (χ0v) is 18.6. The second-order valence-electron chi connectivity index (χ2n) is 8.83. The summed E-state index contributed by atoms with van der Waals surface area (Å²) in [5.74, 6) is 0.756. The van der Waals surface area contributed by atoms with Gasteiger partial charge in [0.15, 0.2) is 5.13 Å². The fourth-order valence-corrected chi connectivity index (χ4v) is 5.83. The van der Waals surface area contributed by atoms with Crippen LogP contribution in [-0.2, 0) is 29.0 Å². The van der Waals surface area contributed by atoms with Gasteiger partial charge in [-0.15, -0.1) is 11.3 Å². The summed E-state index contributed by atoms with van der Waals surface area (Å²) in [6.45, 7) is 3.80. The minimum Gasteiger partial charge on any atom is -0.352 e. The summed E-state index contributed by atoms with van der Waals surface area (Å²) in [4.78, 5) is 39.7. The van der Waals surface area contributed by atoms with Crippen molar-refractivity contribution in [1.29, 1.82) is 0 Å². The van der Waals surface area contributed by atoms with Crippen molar-refractivity contribution < 1.29 is 9.59 Å². The van der Waals surface area contributed by atoms with Crippen molar-refractivity contribution in [1.82, 2.24) is 20.2 Å². The van der Waals surface area contributed by atoms with Crippen LogP contribution in [0.3, 0.4) is 0 Å². The number of aryl methyl sites for hydroxylation is 1. The van der Waals surface area contributed by atoms with E-state index in [1.807, 2.05) is 17.0 Å². The van der Waals surface area contributed by atoms with Crippen molar-refractivity contribution in [3.63, 3.8) is 0 Å². The Bertz CT molecular complexity index is 935. The van der Waals surface area contributed by atoms with Gasteiger partial charge in [0.25, 0.3) is 0 Å². The first-order chi connectivity index (χ1) is 15.2. The first-order valence-corrected chi connectivity index (χ1v) is 12.2. The Hall–Kier alpha value is -2.48. The monoisotopic (exact) mass is 439 g/mol. The Kier molecular flexibility index (Phi) is 5.89. The van der Waals surface area contributed by atoms with Crippen LogP contribution in [0.4, 0.5) is 5.13 Å². The van der Waals surface area contributed by atoms with Crippen LogP contribution in [0.2, 0.25) is 0 Å². The highest BCUT2D eigenvalue weighted by Crippen LogP contribution is 2.35. The lowest BCUT2D eigenvalue weighted by Gasteiger charge is -2.38. The molecule has 7 nitrogen and oxygen atoms in total. The van der Waals surface area contributed by atoms with E-state index in [2.05, 4.69) is 15.2 Å². The maximum Gasteiger partial charge on any atom is 0.225 e. The fraction of sp³-hybridized carbons (Fsp3) is 0.565. The Morgan fingerprint density at radius 2 is 1.97 bits per heavy atom. The molecule has 2 aliphatic carbocycles. The maximum atomic E-state index is 12.7. The van der Waals surface area contributed by atoms with E-state index in [0.29, 0.717) is 12.5 Å². The van der Waals surface area contributed by atoms with Crippen molar-refractivity contribution in [2.45, 2.75) is 45.1 Å². The zero-order chi connectivity index (χ0) is 21.2. The van der Waals surface area contributed by atoms with E-state index in [0.717, 1.165) is 74.7 Å². The van der Waals surface area contributed by atoms with E-state index in [1.165, 1.54) is 11.3 Å². The number of amides is 2. The average Bonchev–Trinajstić information content (AvgIpc) is 3.20. The van der Waals surface area contributed by atoms with E-state index in [9.17, 15) is 9.59 Å². The van der Waals surface area contributed by atoms with Crippen LogP contribution in [0, 0.1) is 11.8 Å². The third kappa shape index (κ3) is 4.44. The molecule has 8 heteroatoms. The highest BCUT2D eigenvalue weighted by molar-refractivity contribution is 7.15. The number of pyridine rings is 1. The molecule has 31 heavy (non-hydrogen) atoms. The molecular weight excluding hydrogens is 410 g/mol. The van der Waals surface area contributed by atoms with Crippen molar-refractivity contribution in [3.8, 4) is 0 Å². The topological polar surface area (TPSA) is 78.4 Å². The van der Waals surface area contributed by atoms with Gasteiger partial charge < -0.3 is 15.1 Å². The largest absolute Gasteiger partial charge is 0.352 e. The van der Waals surface area contributed by atoms with Crippen LogP contribution in [-0.4, -0.2) is 52.9 Å². The molecule has 0 unspecified atom stereocenters. The number of fused-ring (bicyclic) bond motifs is 1. The van der Waals surface area contributed by atoms with E-state index < -0.39 is 0 Å². The number of piperazine rings is 1. The number of hydrogen-bond acceptors (Lipinski definition) is 6. The van der Waals surface area contributed by atoms with E-state index >= 15 is 0 Å². The molecule has 164 valence electrons. The molecule has 0 radical (unpaired) electrons. The summed E-state index contributed by atoms with van der Waals surface area (Å²) in [7, 11) is 0. The van der Waals surface area contributed by atoms with Crippen molar-refractivity contribution in [2.75, 3.05) is 31.1 Å². The molecule has 1 N–H and O–H groups in total. The van der Waals surface area contributed by atoms with Gasteiger partial charge in [0, 0.05) is 61.8 Å². The fourth-order valence-electron chi connectivity index (χ4n) is 4.59. The maximum absolute atomic E-state index is 12.7. The van der Waals surface area contributed by atoms with Crippen LogP contribution < -0.4 is 10.2 Å². The number of thiazole rings is 1. The normalized spacial score (nSPS) is 21.4.